The lowest BCUT2D eigenvalue weighted by Gasteiger charge is -2.25. The van der Waals surface area contributed by atoms with Crippen molar-refractivity contribution in [3.8, 4) is 5.75 Å². The highest BCUT2D eigenvalue weighted by Gasteiger charge is 2.45. The fourth-order valence-electron chi connectivity index (χ4n) is 3.93. The number of benzene rings is 2. The van der Waals surface area contributed by atoms with Crippen LogP contribution in [0, 0.1) is 0 Å². The van der Waals surface area contributed by atoms with Crippen molar-refractivity contribution >= 4 is 17.4 Å². The molecule has 162 valence electrons. The minimum atomic E-state index is -0.692. The SMILES string of the molecule is CCOc1ccc(C2/C(=C(\O)c3ccncc3)C(=O)C(=O)N2CCc2ccccc2)cc1. The van der Waals surface area contributed by atoms with Crippen molar-refractivity contribution in [1.82, 2.24) is 9.88 Å². The zero-order chi connectivity index (χ0) is 22.5. The van der Waals surface area contributed by atoms with Crippen LogP contribution in [0.5, 0.6) is 5.75 Å². The zero-order valence-corrected chi connectivity index (χ0v) is 17.8. The lowest BCUT2D eigenvalue weighted by Crippen LogP contribution is -2.31. The number of rotatable bonds is 7. The predicted octanol–water partition coefficient (Wildman–Crippen LogP) is 4.14. The third-order valence-electron chi connectivity index (χ3n) is 5.48. The van der Waals surface area contributed by atoms with E-state index in [1.165, 1.54) is 17.3 Å². The summed E-state index contributed by atoms with van der Waals surface area (Å²) in [5.74, 6) is -0.805. The quantitative estimate of drug-likeness (QED) is 0.348. The second-order valence-electron chi connectivity index (χ2n) is 7.47. The van der Waals surface area contributed by atoms with E-state index in [9.17, 15) is 14.7 Å². The van der Waals surface area contributed by atoms with E-state index in [-0.39, 0.29) is 11.3 Å². The first kappa shape index (κ1) is 21.3. The van der Waals surface area contributed by atoms with Crippen molar-refractivity contribution in [2.24, 2.45) is 0 Å². The maximum atomic E-state index is 13.0. The summed E-state index contributed by atoms with van der Waals surface area (Å²) in [4.78, 5) is 31.6. The molecule has 1 N–H and O–H groups in total. The molecule has 32 heavy (non-hydrogen) atoms. The normalized spacial score (nSPS) is 17.5. The summed E-state index contributed by atoms with van der Waals surface area (Å²) in [5, 5.41) is 11.0. The van der Waals surface area contributed by atoms with Crippen LogP contribution in [0.4, 0.5) is 0 Å². The van der Waals surface area contributed by atoms with Gasteiger partial charge in [-0.15, -0.1) is 0 Å². The number of carbonyl (C=O) groups is 2. The minimum Gasteiger partial charge on any atom is -0.507 e. The van der Waals surface area contributed by atoms with Crippen LogP contribution >= 0.6 is 0 Å². The first-order valence-electron chi connectivity index (χ1n) is 10.6. The number of carbonyl (C=O) groups excluding carboxylic acids is 2. The van der Waals surface area contributed by atoms with E-state index in [2.05, 4.69) is 4.98 Å². The predicted molar refractivity (Wildman–Crippen MR) is 121 cm³/mol. The van der Waals surface area contributed by atoms with Gasteiger partial charge in [0.2, 0.25) is 0 Å². The Labute approximate surface area is 186 Å². The maximum absolute atomic E-state index is 13.0. The van der Waals surface area contributed by atoms with E-state index >= 15 is 0 Å². The van der Waals surface area contributed by atoms with Gasteiger partial charge in [0.15, 0.2) is 0 Å². The highest BCUT2D eigenvalue weighted by molar-refractivity contribution is 6.46. The van der Waals surface area contributed by atoms with Gasteiger partial charge in [0.25, 0.3) is 11.7 Å². The lowest BCUT2D eigenvalue weighted by molar-refractivity contribution is -0.139. The average Bonchev–Trinajstić information content (AvgIpc) is 3.09. The fourth-order valence-corrected chi connectivity index (χ4v) is 3.93. The number of aliphatic hydroxyl groups excluding tert-OH is 1. The van der Waals surface area contributed by atoms with Gasteiger partial charge in [-0.25, -0.2) is 0 Å². The number of hydrogen-bond donors (Lipinski definition) is 1. The van der Waals surface area contributed by atoms with E-state index in [1.807, 2.05) is 61.5 Å². The Bertz CT molecular complexity index is 1130. The number of pyridine rings is 1. The Balaban J connectivity index is 1.76. The van der Waals surface area contributed by atoms with Crippen LogP contribution in [0.3, 0.4) is 0 Å². The molecule has 1 amide bonds. The Hall–Kier alpha value is -3.93. The second kappa shape index (κ2) is 9.47. The summed E-state index contributed by atoms with van der Waals surface area (Å²) in [6, 6.07) is 19.6. The molecule has 0 saturated carbocycles. The van der Waals surface area contributed by atoms with Crippen LogP contribution < -0.4 is 4.74 Å². The van der Waals surface area contributed by atoms with Gasteiger partial charge < -0.3 is 14.7 Å². The van der Waals surface area contributed by atoms with E-state index in [4.69, 9.17) is 4.74 Å². The van der Waals surface area contributed by atoms with Gasteiger partial charge in [-0.2, -0.15) is 0 Å². The molecule has 1 aliphatic heterocycles. The smallest absolute Gasteiger partial charge is 0.295 e. The molecule has 1 atom stereocenters. The average molecular weight is 428 g/mol. The molecule has 1 saturated heterocycles. The number of likely N-dealkylation sites (tertiary alicyclic amines) is 1. The third kappa shape index (κ3) is 4.25. The van der Waals surface area contributed by atoms with Crippen LogP contribution in [-0.2, 0) is 16.0 Å². The molecular weight excluding hydrogens is 404 g/mol. The van der Waals surface area contributed by atoms with E-state index in [0.717, 1.165) is 11.1 Å². The summed E-state index contributed by atoms with van der Waals surface area (Å²) in [5.41, 5.74) is 2.32. The summed E-state index contributed by atoms with van der Waals surface area (Å²) < 4.78 is 5.53. The summed E-state index contributed by atoms with van der Waals surface area (Å²) >= 11 is 0. The van der Waals surface area contributed by atoms with Crippen molar-refractivity contribution in [2.75, 3.05) is 13.2 Å². The molecule has 1 aromatic heterocycles. The number of amides is 1. The Morgan fingerprint density at radius 2 is 1.69 bits per heavy atom. The first-order valence-corrected chi connectivity index (χ1v) is 10.6. The summed E-state index contributed by atoms with van der Waals surface area (Å²) in [7, 11) is 0. The molecule has 1 fully saturated rings. The monoisotopic (exact) mass is 428 g/mol. The summed E-state index contributed by atoms with van der Waals surface area (Å²) in [6.07, 6.45) is 3.66. The van der Waals surface area contributed by atoms with Gasteiger partial charge in [-0.1, -0.05) is 42.5 Å². The molecule has 1 aliphatic rings. The number of hydrogen-bond acceptors (Lipinski definition) is 5. The largest absolute Gasteiger partial charge is 0.507 e. The Morgan fingerprint density at radius 1 is 1.00 bits per heavy atom. The fraction of sp³-hybridized carbons (Fsp3) is 0.192. The molecule has 6 heteroatoms. The van der Waals surface area contributed by atoms with E-state index < -0.39 is 17.7 Å². The molecule has 3 aromatic rings. The summed E-state index contributed by atoms with van der Waals surface area (Å²) in [6.45, 7) is 2.79. The lowest BCUT2D eigenvalue weighted by atomic mass is 9.95. The zero-order valence-electron chi connectivity index (χ0n) is 17.8. The van der Waals surface area contributed by atoms with Gasteiger partial charge in [0.1, 0.15) is 11.5 Å². The van der Waals surface area contributed by atoms with Crippen molar-refractivity contribution in [3.63, 3.8) is 0 Å². The van der Waals surface area contributed by atoms with Crippen LogP contribution in [0.15, 0.2) is 84.7 Å². The van der Waals surface area contributed by atoms with Crippen molar-refractivity contribution in [2.45, 2.75) is 19.4 Å². The minimum absolute atomic E-state index is 0.0819. The topological polar surface area (TPSA) is 79.7 Å². The van der Waals surface area contributed by atoms with E-state index in [1.54, 1.807) is 12.1 Å². The number of Topliss-reactive ketones (excluding diaryl/α,β-unsaturated/α-hetero) is 1. The third-order valence-corrected chi connectivity index (χ3v) is 5.48. The Kier molecular flexibility index (Phi) is 6.31. The van der Waals surface area contributed by atoms with Gasteiger partial charge in [0.05, 0.1) is 18.2 Å². The van der Waals surface area contributed by atoms with Crippen molar-refractivity contribution in [3.05, 3.63) is 101 Å². The molecule has 0 aliphatic carbocycles. The van der Waals surface area contributed by atoms with Crippen LogP contribution in [0.25, 0.3) is 5.76 Å². The highest BCUT2D eigenvalue weighted by Crippen LogP contribution is 2.39. The van der Waals surface area contributed by atoms with Gasteiger partial charge in [0, 0.05) is 24.5 Å². The van der Waals surface area contributed by atoms with Gasteiger partial charge in [-0.3, -0.25) is 14.6 Å². The molecule has 4 rings (SSSR count). The van der Waals surface area contributed by atoms with Gasteiger partial charge in [-0.05, 0) is 48.7 Å². The molecule has 0 spiro atoms. The molecule has 2 aromatic carbocycles. The standard InChI is InChI=1S/C26H24N2O4/c1-2-32-21-10-8-19(9-11-21)23-22(24(29)20-12-15-27-16-13-20)25(30)26(31)28(23)17-14-18-6-4-3-5-7-18/h3-13,15-16,23,29H,2,14,17H2,1H3/b24-22+. The molecule has 2 heterocycles. The van der Waals surface area contributed by atoms with Crippen molar-refractivity contribution < 1.29 is 19.4 Å². The number of nitrogens with zero attached hydrogens (tertiary/aromatic N) is 2. The molecular formula is C26H24N2O4. The molecule has 0 bridgehead atoms. The number of aliphatic hydroxyl groups is 1. The second-order valence-corrected chi connectivity index (χ2v) is 7.47. The number of ether oxygens (including phenoxy) is 1. The van der Waals surface area contributed by atoms with Crippen LogP contribution in [0.1, 0.15) is 29.7 Å². The van der Waals surface area contributed by atoms with Crippen LogP contribution in [0.2, 0.25) is 0 Å². The number of aromatic nitrogens is 1. The molecule has 0 radical (unpaired) electrons. The molecule has 1 unspecified atom stereocenters. The van der Waals surface area contributed by atoms with Crippen molar-refractivity contribution in [1.29, 1.82) is 0 Å². The Morgan fingerprint density at radius 3 is 2.34 bits per heavy atom. The molecule has 6 nitrogen and oxygen atoms in total. The van der Waals surface area contributed by atoms with E-state index in [0.29, 0.717) is 30.9 Å². The van der Waals surface area contributed by atoms with Crippen LogP contribution in [-0.4, -0.2) is 39.8 Å². The first-order chi connectivity index (χ1) is 15.6. The van der Waals surface area contributed by atoms with Gasteiger partial charge >= 0.3 is 0 Å². The number of ketones is 1. The highest BCUT2D eigenvalue weighted by atomic mass is 16.5. The maximum Gasteiger partial charge on any atom is 0.295 e.